The van der Waals surface area contributed by atoms with Crippen molar-refractivity contribution in [3.8, 4) is 0 Å². The highest BCUT2D eigenvalue weighted by molar-refractivity contribution is 5.82. The molecule has 12 heavy (non-hydrogen) atoms. The van der Waals surface area contributed by atoms with Gasteiger partial charge in [0.2, 0.25) is 0 Å². The highest BCUT2D eigenvalue weighted by Gasteiger charge is 2.03. The summed E-state index contributed by atoms with van der Waals surface area (Å²) >= 11 is 0. The van der Waals surface area contributed by atoms with Crippen LogP contribution in [-0.4, -0.2) is 5.16 Å². The first-order valence-corrected chi connectivity index (χ1v) is 3.55. The lowest BCUT2D eigenvalue weighted by Crippen LogP contribution is -1.68. The lowest BCUT2D eigenvalue weighted by Gasteiger charge is -1.87. The van der Waals surface area contributed by atoms with Crippen molar-refractivity contribution in [2.75, 3.05) is 0 Å². The number of hydrogen-bond donors (Lipinski definition) is 0. The van der Waals surface area contributed by atoms with Crippen molar-refractivity contribution in [2.24, 2.45) is 0 Å². The zero-order valence-electron chi connectivity index (χ0n) is 6.53. The summed E-state index contributed by atoms with van der Waals surface area (Å²) in [5.41, 5.74) is 2.13. The minimum Gasteiger partial charge on any atom is -0.357 e. The van der Waals surface area contributed by atoms with E-state index in [1.54, 1.807) is 12.1 Å². The van der Waals surface area contributed by atoms with E-state index in [1.807, 2.05) is 13.0 Å². The van der Waals surface area contributed by atoms with Gasteiger partial charge in [0.15, 0.2) is 11.3 Å². The number of nitrogens with zero attached hydrogens (tertiary/aromatic N) is 2. The van der Waals surface area contributed by atoms with Gasteiger partial charge in [-0.1, -0.05) is 17.3 Å². The van der Waals surface area contributed by atoms with Crippen molar-refractivity contribution in [3.05, 3.63) is 35.3 Å². The fourth-order valence-electron chi connectivity index (χ4n) is 1.12. The Bertz CT molecular complexity index is 465. The Kier molecular flexibility index (Phi) is 1.34. The predicted molar refractivity (Wildman–Crippen MR) is 45.0 cm³/mol. The number of hydrogen-bond acceptors (Lipinski definition) is 2. The highest BCUT2D eigenvalue weighted by atomic mass is 16.5. The second kappa shape index (κ2) is 2.35. The van der Waals surface area contributed by atoms with E-state index in [0.717, 1.165) is 11.1 Å². The molecule has 1 aromatic heterocycles. The van der Waals surface area contributed by atoms with Crippen LogP contribution in [-0.2, 0) is 0 Å². The van der Waals surface area contributed by atoms with Crippen molar-refractivity contribution in [1.29, 1.82) is 0 Å². The summed E-state index contributed by atoms with van der Waals surface area (Å²) in [6.07, 6.45) is 0. The molecule has 1 heterocycles. The maximum atomic E-state index is 6.79. The lowest BCUT2D eigenvalue weighted by molar-refractivity contribution is 0.450. The lowest BCUT2D eigenvalue weighted by atomic mass is 10.2. The first kappa shape index (κ1) is 6.86. The number of aryl methyl sites for hydroxylation is 1. The molecule has 58 valence electrons. The molecule has 0 aliphatic heterocycles. The van der Waals surface area contributed by atoms with Gasteiger partial charge in [-0.3, -0.25) is 0 Å². The molecular weight excluding hydrogens is 152 g/mol. The first-order valence-electron chi connectivity index (χ1n) is 3.55. The zero-order valence-corrected chi connectivity index (χ0v) is 6.53. The third-order valence-corrected chi connectivity index (χ3v) is 1.77. The normalized spacial score (nSPS) is 10.0. The largest absolute Gasteiger partial charge is 0.357 e. The van der Waals surface area contributed by atoms with Gasteiger partial charge in [0.1, 0.15) is 0 Å². The summed E-state index contributed by atoms with van der Waals surface area (Å²) < 4.78 is 5.00. The van der Waals surface area contributed by atoms with E-state index in [9.17, 15) is 0 Å². The number of rotatable bonds is 0. The Hall–Kier alpha value is -1.82. The van der Waals surface area contributed by atoms with Crippen LogP contribution in [0.4, 0.5) is 5.69 Å². The Morgan fingerprint density at radius 3 is 3.08 bits per heavy atom. The molecule has 0 saturated heterocycles. The molecule has 0 fully saturated rings. The molecule has 0 saturated carbocycles. The Balaban J connectivity index is 2.80. The molecule has 0 N–H and O–H groups in total. The van der Waals surface area contributed by atoms with Crippen LogP contribution in [0, 0.1) is 13.5 Å². The molecule has 0 atom stereocenters. The van der Waals surface area contributed by atoms with Crippen molar-refractivity contribution in [3.63, 3.8) is 0 Å². The molecule has 0 radical (unpaired) electrons. The Labute approximate surface area is 69.4 Å². The van der Waals surface area contributed by atoms with E-state index >= 15 is 0 Å². The summed E-state index contributed by atoms with van der Waals surface area (Å²) in [5.74, 6) is 0. The van der Waals surface area contributed by atoms with Crippen LogP contribution in [0.15, 0.2) is 22.7 Å². The quantitative estimate of drug-likeness (QED) is 0.552. The van der Waals surface area contributed by atoms with E-state index in [0.29, 0.717) is 11.3 Å². The maximum absolute atomic E-state index is 6.79. The number of benzene rings is 1. The van der Waals surface area contributed by atoms with Crippen LogP contribution in [0.25, 0.3) is 15.8 Å². The predicted octanol–water partition coefficient (Wildman–Crippen LogP) is 2.69. The monoisotopic (exact) mass is 158 g/mol. The van der Waals surface area contributed by atoms with Gasteiger partial charge in [0.25, 0.3) is 0 Å². The summed E-state index contributed by atoms with van der Waals surface area (Å²) in [7, 11) is 0. The second-order valence-corrected chi connectivity index (χ2v) is 2.56. The maximum Gasteiger partial charge on any atom is 0.191 e. The molecule has 0 amide bonds. The summed E-state index contributed by atoms with van der Waals surface area (Å²) in [6, 6.07) is 5.32. The standard InChI is InChI=1S/C9H6N2O/c1-6-8-4-3-7(10-2)5-9(8)12-11-6/h3-5H,1H3. The van der Waals surface area contributed by atoms with E-state index in [-0.39, 0.29) is 0 Å². The number of aromatic nitrogens is 1. The van der Waals surface area contributed by atoms with E-state index < -0.39 is 0 Å². The van der Waals surface area contributed by atoms with Gasteiger partial charge in [-0.15, -0.1) is 0 Å². The van der Waals surface area contributed by atoms with Crippen molar-refractivity contribution in [2.45, 2.75) is 6.92 Å². The van der Waals surface area contributed by atoms with E-state index in [1.165, 1.54) is 0 Å². The van der Waals surface area contributed by atoms with E-state index in [2.05, 4.69) is 10.0 Å². The molecule has 1 aromatic carbocycles. The van der Waals surface area contributed by atoms with Crippen molar-refractivity contribution in [1.82, 2.24) is 5.16 Å². The minimum absolute atomic E-state index is 0.582. The summed E-state index contributed by atoms with van der Waals surface area (Å²) in [4.78, 5) is 3.29. The molecule has 2 aromatic rings. The van der Waals surface area contributed by atoms with Gasteiger partial charge in [0.05, 0.1) is 12.3 Å². The molecular formula is C9H6N2O. The third kappa shape index (κ3) is 0.857. The summed E-state index contributed by atoms with van der Waals surface area (Å²) in [5, 5.41) is 4.77. The second-order valence-electron chi connectivity index (χ2n) is 2.56. The minimum atomic E-state index is 0.582. The molecule has 3 nitrogen and oxygen atoms in total. The zero-order chi connectivity index (χ0) is 8.55. The fraction of sp³-hybridized carbons (Fsp3) is 0.111. The van der Waals surface area contributed by atoms with Gasteiger partial charge in [-0.05, 0) is 13.0 Å². The average molecular weight is 158 g/mol. The smallest absolute Gasteiger partial charge is 0.191 e. The molecule has 3 heteroatoms. The topological polar surface area (TPSA) is 30.4 Å². The summed E-state index contributed by atoms with van der Waals surface area (Å²) in [6.45, 7) is 8.67. The van der Waals surface area contributed by atoms with Crippen LogP contribution in [0.2, 0.25) is 0 Å². The fourth-order valence-corrected chi connectivity index (χ4v) is 1.12. The first-order chi connectivity index (χ1) is 5.81. The molecule has 2 rings (SSSR count). The third-order valence-electron chi connectivity index (χ3n) is 1.77. The van der Waals surface area contributed by atoms with Crippen LogP contribution in [0.1, 0.15) is 5.69 Å². The van der Waals surface area contributed by atoms with Crippen molar-refractivity contribution >= 4 is 16.7 Å². The van der Waals surface area contributed by atoms with Crippen LogP contribution < -0.4 is 0 Å². The molecule has 0 bridgehead atoms. The van der Waals surface area contributed by atoms with Crippen LogP contribution >= 0.6 is 0 Å². The molecule has 0 aliphatic carbocycles. The van der Waals surface area contributed by atoms with Gasteiger partial charge in [0, 0.05) is 5.39 Å². The molecule has 0 spiro atoms. The van der Waals surface area contributed by atoms with Gasteiger partial charge >= 0.3 is 0 Å². The van der Waals surface area contributed by atoms with E-state index in [4.69, 9.17) is 11.1 Å². The van der Waals surface area contributed by atoms with Crippen molar-refractivity contribution < 1.29 is 4.52 Å². The van der Waals surface area contributed by atoms with Gasteiger partial charge in [-0.25, -0.2) is 4.85 Å². The molecule has 0 unspecified atom stereocenters. The number of fused-ring (bicyclic) bond motifs is 1. The molecule has 0 aliphatic rings. The Morgan fingerprint density at radius 1 is 1.50 bits per heavy atom. The SMILES string of the molecule is [C-]#[N+]c1ccc2c(C)noc2c1. The Morgan fingerprint density at radius 2 is 2.33 bits per heavy atom. The average Bonchev–Trinajstić information content (AvgIpc) is 2.47. The van der Waals surface area contributed by atoms with Gasteiger partial charge < -0.3 is 4.52 Å². The van der Waals surface area contributed by atoms with Crippen LogP contribution in [0.5, 0.6) is 0 Å². The van der Waals surface area contributed by atoms with Gasteiger partial charge in [-0.2, -0.15) is 0 Å². The van der Waals surface area contributed by atoms with Crippen LogP contribution in [0.3, 0.4) is 0 Å². The highest BCUT2D eigenvalue weighted by Crippen LogP contribution is 2.22.